The summed E-state index contributed by atoms with van der Waals surface area (Å²) in [5, 5.41) is 2.97. The number of nitrogens with two attached hydrogens (primary N) is 1. The number of hydrogen-bond donors (Lipinski definition) is 2. The molecular weight excluding hydrogens is 318 g/mol. The maximum absolute atomic E-state index is 12.5. The third kappa shape index (κ3) is 5.19. The standard InChI is InChI=1S/C19H27N3O3/c20-18(23)13-22-11-3-4-14(12-22)19(24)21-15-7-9-17(10-8-15)25-16-5-1-2-6-16/h7-10,14,16H,1-6,11-13H2,(H2,20,23)(H,21,24)/t14-/m0/s1. The van der Waals surface area contributed by atoms with Crippen molar-refractivity contribution in [2.75, 3.05) is 25.0 Å². The number of nitrogens with zero attached hydrogens (tertiary/aromatic N) is 1. The molecule has 6 nitrogen and oxygen atoms in total. The molecule has 1 saturated carbocycles. The maximum Gasteiger partial charge on any atom is 0.231 e. The summed E-state index contributed by atoms with van der Waals surface area (Å²) < 4.78 is 5.94. The van der Waals surface area contributed by atoms with E-state index in [0.717, 1.165) is 43.7 Å². The average molecular weight is 345 g/mol. The van der Waals surface area contributed by atoms with Gasteiger partial charge >= 0.3 is 0 Å². The molecular formula is C19H27N3O3. The molecule has 25 heavy (non-hydrogen) atoms. The number of ether oxygens (including phenoxy) is 1. The molecule has 0 aromatic heterocycles. The van der Waals surface area contributed by atoms with Gasteiger partial charge in [0.2, 0.25) is 11.8 Å². The first kappa shape index (κ1) is 17.7. The number of nitrogens with one attached hydrogen (secondary N) is 1. The van der Waals surface area contributed by atoms with Crippen molar-refractivity contribution < 1.29 is 14.3 Å². The quantitative estimate of drug-likeness (QED) is 0.827. The first-order valence-electron chi connectivity index (χ1n) is 9.18. The molecule has 2 aliphatic rings. The van der Waals surface area contributed by atoms with Gasteiger partial charge in [-0.1, -0.05) is 0 Å². The lowest BCUT2D eigenvalue weighted by molar-refractivity contribution is -0.124. The van der Waals surface area contributed by atoms with E-state index in [1.807, 2.05) is 29.2 Å². The van der Waals surface area contributed by atoms with Gasteiger partial charge in [0.05, 0.1) is 18.6 Å². The normalized spacial score (nSPS) is 21.8. The van der Waals surface area contributed by atoms with Gasteiger partial charge < -0.3 is 15.8 Å². The van der Waals surface area contributed by atoms with Crippen molar-refractivity contribution in [3.05, 3.63) is 24.3 Å². The van der Waals surface area contributed by atoms with Crippen LogP contribution in [0.15, 0.2) is 24.3 Å². The fraction of sp³-hybridized carbons (Fsp3) is 0.579. The number of primary amides is 1. The predicted octanol–water partition coefficient (Wildman–Crippen LogP) is 2.14. The Labute approximate surface area is 148 Å². The van der Waals surface area contributed by atoms with Crippen molar-refractivity contribution in [1.29, 1.82) is 0 Å². The molecule has 1 saturated heterocycles. The van der Waals surface area contributed by atoms with Crippen LogP contribution in [0.4, 0.5) is 5.69 Å². The predicted molar refractivity (Wildman–Crippen MR) is 96.3 cm³/mol. The molecule has 136 valence electrons. The Kier molecular flexibility index (Phi) is 5.91. The Morgan fingerprint density at radius 2 is 1.84 bits per heavy atom. The average Bonchev–Trinajstić information content (AvgIpc) is 3.09. The topological polar surface area (TPSA) is 84.7 Å². The molecule has 1 aliphatic carbocycles. The van der Waals surface area contributed by atoms with Crippen LogP contribution >= 0.6 is 0 Å². The molecule has 3 N–H and O–H groups in total. The number of carbonyl (C=O) groups is 2. The Morgan fingerprint density at radius 3 is 2.52 bits per heavy atom. The highest BCUT2D eigenvalue weighted by molar-refractivity contribution is 5.92. The maximum atomic E-state index is 12.5. The minimum absolute atomic E-state index is 0.00127. The molecule has 6 heteroatoms. The van der Waals surface area contributed by atoms with Gasteiger partial charge in [-0.15, -0.1) is 0 Å². The highest BCUT2D eigenvalue weighted by Crippen LogP contribution is 2.25. The van der Waals surface area contributed by atoms with Crippen molar-refractivity contribution in [3.8, 4) is 5.75 Å². The number of hydrogen-bond acceptors (Lipinski definition) is 4. The number of benzene rings is 1. The molecule has 0 spiro atoms. The Hall–Kier alpha value is -2.08. The molecule has 1 aromatic carbocycles. The van der Waals surface area contributed by atoms with Crippen LogP contribution in [-0.4, -0.2) is 42.5 Å². The lowest BCUT2D eigenvalue weighted by atomic mass is 9.97. The molecule has 0 radical (unpaired) electrons. The van der Waals surface area contributed by atoms with E-state index in [9.17, 15) is 9.59 Å². The zero-order valence-electron chi connectivity index (χ0n) is 14.6. The van der Waals surface area contributed by atoms with Crippen molar-refractivity contribution in [3.63, 3.8) is 0 Å². The summed E-state index contributed by atoms with van der Waals surface area (Å²) in [4.78, 5) is 25.5. The van der Waals surface area contributed by atoms with Gasteiger partial charge in [0.25, 0.3) is 0 Å². The second-order valence-corrected chi connectivity index (χ2v) is 7.08. The third-order valence-electron chi connectivity index (χ3n) is 4.98. The fourth-order valence-corrected chi connectivity index (χ4v) is 3.69. The van der Waals surface area contributed by atoms with E-state index in [2.05, 4.69) is 5.32 Å². The molecule has 3 rings (SSSR count). The summed E-state index contributed by atoms with van der Waals surface area (Å²) in [5.74, 6) is 0.398. The van der Waals surface area contributed by atoms with Gasteiger partial charge in [0, 0.05) is 12.2 Å². The van der Waals surface area contributed by atoms with Gasteiger partial charge in [-0.25, -0.2) is 0 Å². The number of anilines is 1. The lowest BCUT2D eigenvalue weighted by Gasteiger charge is -2.30. The van der Waals surface area contributed by atoms with E-state index in [1.165, 1.54) is 12.8 Å². The molecule has 1 aromatic rings. The second kappa shape index (κ2) is 8.34. The Balaban J connectivity index is 1.50. The number of likely N-dealkylation sites (tertiary alicyclic amines) is 1. The van der Waals surface area contributed by atoms with Crippen LogP contribution < -0.4 is 15.8 Å². The van der Waals surface area contributed by atoms with Gasteiger partial charge in [0.1, 0.15) is 5.75 Å². The van der Waals surface area contributed by atoms with Gasteiger partial charge in [0.15, 0.2) is 0 Å². The van der Waals surface area contributed by atoms with Crippen molar-refractivity contribution in [2.45, 2.75) is 44.6 Å². The zero-order valence-corrected chi connectivity index (χ0v) is 14.6. The number of piperidine rings is 1. The fourth-order valence-electron chi connectivity index (χ4n) is 3.69. The Bertz CT molecular complexity index is 596. The van der Waals surface area contributed by atoms with E-state index in [-0.39, 0.29) is 24.3 Å². The van der Waals surface area contributed by atoms with Crippen LogP contribution in [0.1, 0.15) is 38.5 Å². The van der Waals surface area contributed by atoms with Crippen molar-refractivity contribution >= 4 is 17.5 Å². The number of amides is 2. The van der Waals surface area contributed by atoms with Crippen LogP contribution in [0.3, 0.4) is 0 Å². The summed E-state index contributed by atoms with van der Waals surface area (Å²) >= 11 is 0. The summed E-state index contributed by atoms with van der Waals surface area (Å²) in [7, 11) is 0. The molecule has 1 atom stereocenters. The van der Waals surface area contributed by atoms with Crippen LogP contribution in [0, 0.1) is 5.92 Å². The third-order valence-corrected chi connectivity index (χ3v) is 4.98. The van der Waals surface area contributed by atoms with Crippen LogP contribution in [-0.2, 0) is 9.59 Å². The van der Waals surface area contributed by atoms with Gasteiger partial charge in [-0.05, 0) is 69.3 Å². The summed E-state index contributed by atoms with van der Waals surface area (Å²) in [6.45, 7) is 1.62. The highest BCUT2D eigenvalue weighted by Gasteiger charge is 2.26. The minimum Gasteiger partial charge on any atom is -0.490 e. The van der Waals surface area contributed by atoms with Crippen molar-refractivity contribution in [1.82, 2.24) is 4.90 Å². The smallest absolute Gasteiger partial charge is 0.231 e. The summed E-state index contributed by atoms with van der Waals surface area (Å²) in [6.07, 6.45) is 6.81. The Morgan fingerprint density at radius 1 is 1.12 bits per heavy atom. The zero-order chi connectivity index (χ0) is 17.6. The number of rotatable bonds is 6. The lowest BCUT2D eigenvalue weighted by Crippen LogP contribution is -2.44. The van der Waals surface area contributed by atoms with E-state index in [4.69, 9.17) is 10.5 Å². The molecule has 2 fully saturated rings. The van der Waals surface area contributed by atoms with Gasteiger partial charge in [-0.2, -0.15) is 0 Å². The largest absolute Gasteiger partial charge is 0.490 e. The second-order valence-electron chi connectivity index (χ2n) is 7.08. The molecule has 0 unspecified atom stereocenters. The molecule has 2 amide bonds. The molecule has 1 heterocycles. The first-order valence-corrected chi connectivity index (χ1v) is 9.18. The molecule has 1 aliphatic heterocycles. The van der Waals surface area contributed by atoms with E-state index >= 15 is 0 Å². The highest BCUT2D eigenvalue weighted by atomic mass is 16.5. The molecule has 0 bridgehead atoms. The summed E-state index contributed by atoms with van der Waals surface area (Å²) in [6, 6.07) is 7.58. The van der Waals surface area contributed by atoms with Gasteiger partial charge in [-0.3, -0.25) is 14.5 Å². The van der Waals surface area contributed by atoms with Crippen LogP contribution in [0.5, 0.6) is 5.75 Å². The van der Waals surface area contributed by atoms with E-state index in [1.54, 1.807) is 0 Å². The first-order chi connectivity index (χ1) is 12.1. The monoisotopic (exact) mass is 345 g/mol. The number of carbonyl (C=O) groups excluding carboxylic acids is 2. The van der Waals surface area contributed by atoms with E-state index < -0.39 is 0 Å². The van der Waals surface area contributed by atoms with E-state index in [0.29, 0.717) is 12.6 Å². The SMILES string of the molecule is NC(=O)CN1CCC[C@H](C(=O)Nc2ccc(OC3CCCC3)cc2)C1. The van der Waals surface area contributed by atoms with Crippen LogP contribution in [0.25, 0.3) is 0 Å². The summed E-state index contributed by atoms with van der Waals surface area (Å²) in [5.41, 5.74) is 6.02. The minimum atomic E-state index is -0.348. The van der Waals surface area contributed by atoms with Crippen LogP contribution in [0.2, 0.25) is 0 Å². The van der Waals surface area contributed by atoms with Crippen molar-refractivity contribution in [2.24, 2.45) is 11.7 Å².